The van der Waals surface area contributed by atoms with Crippen LogP contribution < -0.4 is 11.1 Å². The third-order valence-electron chi connectivity index (χ3n) is 2.69. The number of amides is 1. The average Bonchev–Trinajstić information content (AvgIpc) is 2.34. The van der Waals surface area contributed by atoms with Gasteiger partial charge in [-0.1, -0.05) is 11.2 Å². The summed E-state index contributed by atoms with van der Waals surface area (Å²) >= 11 is 0. The van der Waals surface area contributed by atoms with Crippen molar-refractivity contribution in [3.05, 3.63) is 29.6 Å². The maximum absolute atomic E-state index is 11.9. The molecule has 98 valence electrons. The Morgan fingerprint density at radius 3 is 2.78 bits per heavy atom. The van der Waals surface area contributed by atoms with Gasteiger partial charge in [-0.3, -0.25) is 9.78 Å². The van der Waals surface area contributed by atoms with Gasteiger partial charge in [-0.2, -0.15) is 0 Å². The fraction of sp³-hybridized carbons (Fsp3) is 0.417. The van der Waals surface area contributed by atoms with Gasteiger partial charge in [0, 0.05) is 5.69 Å². The standard InChI is InChI=1S/C12H18N4O2/c1-8-5-4-6-9(15-8)7-14-11(17)12(2,3)10(13)16-18/h4-6,18H,7H2,1-3H3,(H2,13,16)(H,14,17). The monoisotopic (exact) mass is 250 g/mol. The quantitative estimate of drug-likeness (QED) is 0.318. The number of carbonyl (C=O) groups is 1. The highest BCUT2D eigenvalue weighted by Gasteiger charge is 2.32. The van der Waals surface area contributed by atoms with Crippen molar-refractivity contribution in [2.24, 2.45) is 16.3 Å². The molecule has 0 fully saturated rings. The van der Waals surface area contributed by atoms with Gasteiger partial charge in [0.25, 0.3) is 0 Å². The first-order valence-electron chi connectivity index (χ1n) is 5.56. The zero-order valence-electron chi connectivity index (χ0n) is 10.8. The Labute approximate surface area is 106 Å². The highest BCUT2D eigenvalue weighted by Crippen LogP contribution is 2.15. The minimum absolute atomic E-state index is 0.128. The van der Waals surface area contributed by atoms with Crippen molar-refractivity contribution in [2.45, 2.75) is 27.3 Å². The molecule has 0 saturated heterocycles. The molecule has 1 heterocycles. The fourth-order valence-corrected chi connectivity index (χ4v) is 1.33. The molecule has 1 aromatic heterocycles. The Bertz CT molecular complexity index is 469. The summed E-state index contributed by atoms with van der Waals surface area (Å²) in [5.41, 5.74) is 6.06. The molecule has 0 aliphatic rings. The highest BCUT2D eigenvalue weighted by molar-refractivity contribution is 6.05. The third kappa shape index (κ3) is 3.19. The fourth-order valence-electron chi connectivity index (χ4n) is 1.33. The zero-order valence-corrected chi connectivity index (χ0v) is 10.8. The SMILES string of the molecule is Cc1cccc(CNC(=O)C(C)(C)C(N)=NO)n1. The van der Waals surface area contributed by atoms with Gasteiger partial charge in [-0.15, -0.1) is 0 Å². The van der Waals surface area contributed by atoms with Crippen LogP contribution in [0.4, 0.5) is 0 Å². The second kappa shape index (κ2) is 5.48. The van der Waals surface area contributed by atoms with Crippen molar-refractivity contribution in [1.82, 2.24) is 10.3 Å². The number of aromatic nitrogens is 1. The van der Waals surface area contributed by atoms with Crippen LogP contribution in [-0.2, 0) is 11.3 Å². The Balaban J connectivity index is 2.67. The lowest BCUT2D eigenvalue weighted by molar-refractivity contribution is -0.126. The number of amidine groups is 1. The minimum Gasteiger partial charge on any atom is -0.409 e. The molecule has 18 heavy (non-hydrogen) atoms. The second-order valence-electron chi connectivity index (χ2n) is 4.56. The van der Waals surface area contributed by atoms with Crippen LogP contribution in [0.15, 0.2) is 23.4 Å². The molecule has 0 unspecified atom stereocenters. The number of pyridine rings is 1. The van der Waals surface area contributed by atoms with E-state index < -0.39 is 5.41 Å². The zero-order chi connectivity index (χ0) is 13.8. The topological polar surface area (TPSA) is 101 Å². The molecular formula is C12H18N4O2. The van der Waals surface area contributed by atoms with Gasteiger partial charge < -0.3 is 16.3 Å². The largest absolute Gasteiger partial charge is 0.409 e. The summed E-state index contributed by atoms with van der Waals surface area (Å²) in [4.78, 5) is 16.2. The Morgan fingerprint density at radius 2 is 2.22 bits per heavy atom. The summed E-state index contributed by atoms with van der Waals surface area (Å²) in [5, 5.41) is 14.2. The maximum Gasteiger partial charge on any atom is 0.233 e. The maximum atomic E-state index is 11.9. The lowest BCUT2D eigenvalue weighted by Gasteiger charge is -2.21. The Hall–Kier alpha value is -2.11. The summed E-state index contributed by atoms with van der Waals surface area (Å²) in [7, 11) is 0. The van der Waals surface area contributed by atoms with Gasteiger partial charge in [0.1, 0.15) is 5.41 Å². The number of hydrogen-bond acceptors (Lipinski definition) is 4. The van der Waals surface area contributed by atoms with Crippen molar-refractivity contribution in [3.63, 3.8) is 0 Å². The minimum atomic E-state index is -1.06. The molecule has 0 radical (unpaired) electrons. The van der Waals surface area contributed by atoms with Crippen molar-refractivity contribution >= 4 is 11.7 Å². The second-order valence-corrected chi connectivity index (χ2v) is 4.56. The summed E-state index contributed by atoms with van der Waals surface area (Å²) < 4.78 is 0. The first-order valence-corrected chi connectivity index (χ1v) is 5.56. The Morgan fingerprint density at radius 1 is 1.56 bits per heavy atom. The van der Waals surface area contributed by atoms with E-state index in [1.807, 2.05) is 25.1 Å². The van der Waals surface area contributed by atoms with Crippen LogP contribution in [0, 0.1) is 12.3 Å². The van der Waals surface area contributed by atoms with Crippen LogP contribution in [0.3, 0.4) is 0 Å². The van der Waals surface area contributed by atoms with E-state index in [9.17, 15) is 4.79 Å². The first-order chi connectivity index (χ1) is 8.37. The van der Waals surface area contributed by atoms with Crippen LogP contribution in [0.2, 0.25) is 0 Å². The van der Waals surface area contributed by atoms with E-state index in [2.05, 4.69) is 15.5 Å². The molecule has 0 bridgehead atoms. The number of rotatable bonds is 4. The molecule has 6 nitrogen and oxygen atoms in total. The van der Waals surface area contributed by atoms with Crippen LogP contribution in [0.25, 0.3) is 0 Å². The highest BCUT2D eigenvalue weighted by atomic mass is 16.4. The van der Waals surface area contributed by atoms with E-state index in [0.29, 0.717) is 6.54 Å². The molecule has 0 aliphatic carbocycles. The number of nitrogens with two attached hydrogens (primary N) is 1. The third-order valence-corrected chi connectivity index (χ3v) is 2.69. The lowest BCUT2D eigenvalue weighted by Crippen LogP contribution is -2.45. The molecule has 1 amide bonds. The summed E-state index contributed by atoms with van der Waals surface area (Å²) in [6.45, 7) is 5.36. The molecule has 1 aromatic rings. The number of oxime groups is 1. The number of nitrogens with one attached hydrogen (secondary N) is 1. The smallest absolute Gasteiger partial charge is 0.233 e. The van der Waals surface area contributed by atoms with E-state index in [0.717, 1.165) is 11.4 Å². The van der Waals surface area contributed by atoms with Gasteiger partial charge in [0.05, 0.1) is 12.2 Å². The lowest BCUT2D eigenvalue weighted by atomic mass is 9.91. The van der Waals surface area contributed by atoms with Gasteiger partial charge in [0.2, 0.25) is 5.91 Å². The molecule has 0 atom stereocenters. The normalized spacial score (nSPS) is 12.3. The number of nitrogens with zero attached hydrogens (tertiary/aromatic N) is 2. The molecule has 0 saturated carbocycles. The number of hydrogen-bond donors (Lipinski definition) is 3. The summed E-state index contributed by atoms with van der Waals surface area (Å²) in [6.07, 6.45) is 0. The summed E-state index contributed by atoms with van der Waals surface area (Å²) in [5.74, 6) is -0.446. The molecule has 1 rings (SSSR count). The van der Waals surface area contributed by atoms with Crippen molar-refractivity contribution < 1.29 is 10.0 Å². The van der Waals surface area contributed by atoms with Crippen LogP contribution in [-0.4, -0.2) is 21.9 Å². The summed E-state index contributed by atoms with van der Waals surface area (Å²) in [6, 6.07) is 5.58. The number of carbonyl (C=O) groups excluding carboxylic acids is 1. The van der Waals surface area contributed by atoms with Crippen LogP contribution in [0.1, 0.15) is 25.2 Å². The van der Waals surface area contributed by atoms with E-state index in [1.165, 1.54) is 0 Å². The molecule has 6 heteroatoms. The molecule has 0 spiro atoms. The van der Waals surface area contributed by atoms with Gasteiger partial charge in [-0.25, -0.2) is 0 Å². The van der Waals surface area contributed by atoms with Crippen LogP contribution >= 0.6 is 0 Å². The molecule has 0 aromatic carbocycles. The number of aryl methyl sites for hydroxylation is 1. The predicted molar refractivity (Wildman–Crippen MR) is 68.0 cm³/mol. The molecule has 4 N–H and O–H groups in total. The molecule has 0 aliphatic heterocycles. The predicted octanol–water partition coefficient (Wildman–Crippen LogP) is 0.779. The van der Waals surface area contributed by atoms with E-state index in [-0.39, 0.29) is 11.7 Å². The van der Waals surface area contributed by atoms with Gasteiger partial charge >= 0.3 is 0 Å². The first kappa shape index (κ1) is 14.0. The van der Waals surface area contributed by atoms with Gasteiger partial charge in [-0.05, 0) is 32.9 Å². The Kier molecular flexibility index (Phi) is 4.25. The van der Waals surface area contributed by atoms with Crippen molar-refractivity contribution in [1.29, 1.82) is 0 Å². The van der Waals surface area contributed by atoms with E-state index in [4.69, 9.17) is 10.9 Å². The van der Waals surface area contributed by atoms with Gasteiger partial charge in [0.15, 0.2) is 5.84 Å². The van der Waals surface area contributed by atoms with E-state index >= 15 is 0 Å². The van der Waals surface area contributed by atoms with Crippen molar-refractivity contribution in [3.8, 4) is 0 Å². The molecular weight excluding hydrogens is 232 g/mol. The van der Waals surface area contributed by atoms with Crippen LogP contribution in [0.5, 0.6) is 0 Å². The van der Waals surface area contributed by atoms with E-state index in [1.54, 1.807) is 13.8 Å². The van der Waals surface area contributed by atoms with Crippen molar-refractivity contribution in [2.75, 3.05) is 0 Å². The average molecular weight is 250 g/mol.